The van der Waals surface area contributed by atoms with Crippen molar-refractivity contribution in [2.45, 2.75) is 6.92 Å². The van der Waals surface area contributed by atoms with Crippen molar-refractivity contribution in [2.75, 3.05) is 13.7 Å². The van der Waals surface area contributed by atoms with E-state index in [2.05, 4.69) is 11.1 Å². The van der Waals surface area contributed by atoms with Crippen molar-refractivity contribution in [1.82, 2.24) is 4.98 Å². The van der Waals surface area contributed by atoms with Gasteiger partial charge >= 0.3 is 0 Å². The van der Waals surface area contributed by atoms with Crippen molar-refractivity contribution in [2.24, 2.45) is 0 Å². The molecule has 1 heterocycles. The monoisotopic (exact) mass is 318 g/mol. The van der Waals surface area contributed by atoms with Crippen molar-refractivity contribution in [3.8, 4) is 17.6 Å². The maximum absolute atomic E-state index is 9.22. The minimum Gasteiger partial charge on any atom is -0.493 e. The number of nitriles is 1. The summed E-state index contributed by atoms with van der Waals surface area (Å²) in [6.07, 6.45) is 3.46. The van der Waals surface area contributed by atoms with E-state index in [9.17, 15) is 5.26 Å². The molecule has 0 unspecified atom stereocenters. The molecule has 0 aliphatic carbocycles. The van der Waals surface area contributed by atoms with Crippen LogP contribution in [-0.2, 0) is 0 Å². The van der Waals surface area contributed by atoms with Gasteiger partial charge in [0.1, 0.15) is 0 Å². The van der Waals surface area contributed by atoms with Crippen molar-refractivity contribution in [1.29, 1.82) is 5.26 Å². The molecule has 0 aliphatic heterocycles. The minimum atomic E-state index is 0.547. The van der Waals surface area contributed by atoms with Crippen molar-refractivity contribution in [3.63, 3.8) is 0 Å². The van der Waals surface area contributed by atoms with E-state index >= 15 is 0 Å². The molecule has 1 aromatic heterocycles. The molecular formula is C20H18N2O2. The fourth-order valence-electron chi connectivity index (χ4n) is 2.73. The van der Waals surface area contributed by atoms with Crippen LogP contribution in [0.2, 0.25) is 0 Å². The first-order chi connectivity index (χ1) is 11.8. The lowest BCUT2D eigenvalue weighted by molar-refractivity contribution is 0.311. The molecule has 120 valence electrons. The second-order valence-corrected chi connectivity index (χ2v) is 5.27. The standard InChI is InChI=1S/C20H18N2O2/c1-3-24-20-13-16(6-7-19(20)23-2)17(8-10-21)15-5-4-14-9-11-22-18(14)12-15/h4-9,11-13,22H,3H2,1-2H3/b17-8-. The molecule has 0 saturated heterocycles. The van der Waals surface area contributed by atoms with Crippen LogP contribution in [-0.4, -0.2) is 18.7 Å². The highest BCUT2D eigenvalue weighted by molar-refractivity contribution is 5.88. The molecule has 24 heavy (non-hydrogen) atoms. The van der Waals surface area contributed by atoms with E-state index in [0.29, 0.717) is 18.1 Å². The minimum absolute atomic E-state index is 0.547. The number of ether oxygens (including phenoxy) is 2. The average molecular weight is 318 g/mol. The quantitative estimate of drug-likeness (QED) is 0.703. The van der Waals surface area contributed by atoms with Gasteiger partial charge < -0.3 is 14.5 Å². The van der Waals surface area contributed by atoms with Crippen LogP contribution < -0.4 is 9.47 Å². The van der Waals surface area contributed by atoms with E-state index in [-0.39, 0.29) is 0 Å². The molecule has 0 amide bonds. The van der Waals surface area contributed by atoms with Gasteiger partial charge in [0.15, 0.2) is 11.5 Å². The summed E-state index contributed by atoms with van der Waals surface area (Å²) in [6, 6.07) is 16.0. The lowest BCUT2D eigenvalue weighted by atomic mass is 9.96. The third-order valence-corrected chi connectivity index (χ3v) is 3.85. The van der Waals surface area contributed by atoms with Crippen LogP contribution in [0, 0.1) is 11.3 Å². The Balaban J connectivity index is 2.10. The molecule has 0 atom stereocenters. The van der Waals surface area contributed by atoms with Crippen molar-refractivity contribution >= 4 is 16.5 Å². The molecule has 0 spiro atoms. The predicted molar refractivity (Wildman–Crippen MR) is 95.2 cm³/mol. The Kier molecular flexibility index (Phi) is 4.53. The highest BCUT2D eigenvalue weighted by atomic mass is 16.5. The molecule has 3 rings (SSSR count). The SMILES string of the molecule is CCOc1cc(/C(=C\C#N)c2ccc3cc[nH]c3c2)ccc1OC. The van der Waals surface area contributed by atoms with Gasteiger partial charge in [0.25, 0.3) is 0 Å². The van der Waals surface area contributed by atoms with Crippen LogP contribution in [0.1, 0.15) is 18.1 Å². The largest absolute Gasteiger partial charge is 0.493 e. The Morgan fingerprint density at radius 1 is 1.12 bits per heavy atom. The summed E-state index contributed by atoms with van der Waals surface area (Å²) < 4.78 is 11.0. The lowest BCUT2D eigenvalue weighted by Gasteiger charge is -2.13. The molecule has 0 aliphatic rings. The van der Waals surface area contributed by atoms with E-state index in [4.69, 9.17) is 9.47 Å². The van der Waals surface area contributed by atoms with E-state index in [1.165, 1.54) is 0 Å². The number of allylic oxidation sites excluding steroid dienone is 1. The molecule has 4 nitrogen and oxygen atoms in total. The topological polar surface area (TPSA) is 58.0 Å². The summed E-state index contributed by atoms with van der Waals surface area (Å²) >= 11 is 0. The molecule has 2 aromatic carbocycles. The summed E-state index contributed by atoms with van der Waals surface area (Å²) in [5, 5.41) is 10.4. The Morgan fingerprint density at radius 2 is 1.92 bits per heavy atom. The number of rotatable bonds is 5. The molecule has 1 N–H and O–H groups in total. The third kappa shape index (κ3) is 2.97. The molecule has 0 fully saturated rings. The number of benzene rings is 2. The molecular weight excluding hydrogens is 300 g/mol. The van der Waals surface area contributed by atoms with Gasteiger partial charge in [-0.05, 0) is 53.3 Å². The maximum atomic E-state index is 9.22. The van der Waals surface area contributed by atoms with Gasteiger partial charge in [-0.25, -0.2) is 0 Å². The Labute approximate surface area is 140 Å². The Hall–Kier alpha value is -3.19. The van der Waals surface area contributed by atoms with Crippen molar-refractivity contribution < 1.29 is 9.47 Å². The van der Waals surface area contributed by atoms with E-state index in [1.807, 2.05) is 55.6 Å². The van der Waals surface area contributed by atoms with Gasteiger partial charge in [-0.3, -0.25) is 0 Å². The van der Waals surface area contributed by atoms with Crippen LogP contribution in [0.3, 0.4) is 0 Å². The molecule has 0 radical (unpaired) electrons. The number of aromatic nitrogens is 1. The van der Waals surface area contributed by atoms with Gasteiger partial charge in [0, 0.05) is 17.8 Å². The average Bonchev–Trinajstić information content (AvgIpc) is 3.07. The normalized spacial score (nSPS) is 11.3. The molecule has 0 saturated carbocycles. The second kappa shape index (κ2) is 6.93. The number of methoxy groups -OCH3 is 1. The summed E-state index contributed by atoms with van der Waals surface area (Å²) in [6.45, 7) is 2.48. The number of hydrogen-bond acceptors (Lipinski definition) is 3. The summed E-state index contributed by atoms with van der Waals surface area (Å²) in [5.74, 6) is 1.35. The first-order valence-electron chi connectivity index (χ1n) is 7.75. The second-order valence-electron chi connectivity index (χ2n) is 5.27. The molecule has 0 bridgehead atoms. The number of nitrogens with zero attached hydrogens (tertiary/aromatic N) is 1. The smallest absolute Gasteiger partial charge is 0.161 e. The van der Waals surface area contributed by atoms with E-state index in [0.717, 1.165) is 27.6 Å². The van der Waals surface area contributed by atoms with Gasteiger partial charge in [-0.1, -0.05) is 18.2 Å². The number of aromatic amines is 1. The van der Waals surface area contributed by atoms with Crippen LogP contribution in [0.25, 0.3) is 16.5 Å². The van der Waals surface area contributed by atoms with Crippen LogP contribution in [0.4, 0.5) is 0 Å². The first kappa shape index (κ1) is 15.7. The zero-order valence-corrected chi connectivity index (χ0v) is 13.7. The Morgan fingerprint density at radius 3 is 2.67 bits per heavy atom. The summed E-state index contributed by atoms with van der Waals surface area (Å²) in [7, 11) is 1.61. The maximum Gasteiger partial charge on any atom is 0.161 e. The highest BCUT2D eigenvalue weighted by Gasteiger charge is 2.11. The Bertz CT molecular complexity index is 932. The van der Waals surface area contributed by atoms with Crippen LogP contribution >= 0.6 is 0 Å². The van der Waals surface area contributed by atoms with Crippen LogP contribution in [0.5, 0.6) is 11.5 Å². The fraction of sp³-hybridized carbons (Fsp3) is 0.150. The molecule has 4 heteroatoms. The summed E-state index contributed by atoms with van der Waals surface area (Å²) in [4.78, 5) is 3.20. The van der Waals surface area contributed by atoms with Gasteiger partial charge in [-0.2, -0.15) is 5.26 Å². The van der Waals surface area contributed by atoms with Crippen LogP contribution in [0.15, 0.2) is 54.7 Å². The van der Waals surface area contributed by atoms with E-state index < -0.39 is 0 Å². The molecule has 3 aromatic rings. The predicted octanol–water partition coefficient (Wildman–Crippen LogP) is 4.53. The van der Waals surface area contributed by atoms with Crippen molar-refractivity contribution in [3.05, 3.63) is 65.9 Å². The van der Waals surface area contributed by atoms with Gasteiger partial charge in [0.2, 0.25) is 0 Å². The van der Waals surface area contributed by atoms with Gasteiger partial charge in [0.05, 0.1) is 19.8 Å². The fourth-order valence-corrected chi connectivity index (χ4v) is 2.73. The number of H-pyrrole nitrogens is 1. The number of hydrogen-bond donors (Lipinski definition) is 1. The third-order valence-electron chi connectivity index (χ3n) is 3.85. The lowest BCUT2D eigenvalue weighted by Crippen LogP contribution is -1.97. The zero-order valence-electron chi connectivity index (χ0n) is 13.7. The zero-order chi connectivity index (χ0) is 16.9. The number of fused-ring (bicyclic) bond motifs is 1. The summed E-state index contributed by atoms with van der Waals surface area (Å²) in [5.41, 5.74) is 3.76. The van der Waals surface area contributed by atoms with E-state index in [1.54, 1.807) is 13.2 Å². The number of nitrogens with one attached hydrogen (secondary N) is 1. The van der Waals surface area contributed by atoms with Gasteiger partial charge in [-0.15, -0.1) is 0 Å². The highest BCUT2D eigenvalue weighted by Crippen LogP contribution is 2.33. The first-order valence-corrected chi connectivity index (χ1v) is 7.75.